The third-order valence-corrected chi connectivity index (χ3v) is 1.88. The van der Waals surface area contributed by atoms with Crippen LogP contribution >= 0.6 is 0 Å². The molecule has 1 aromatic rings. The molecule has 0 unspecified atom stereocenters. The first-order chi connectivity index (χ1) is 7.13. The summed E-state index contributed by atoms with van der Waals surface area (Å²) in [5.74, 6) is 0. The van der Waals surface area contributed by atoms with Gasteiger partial charge in [0, 0.05) is 12.6 Å². The Morgan fingerprint density at radius 3 is 2.93 bits per heavy atom. The fourth-order valence-electron chi connectivity index (χ4n) is 1.12. The Balaban J connectivity index is 2.94. The van der Waals surface area contributed by atoms with Crippen LogP contribution < -0.4 is 11.2 Å². The molecule has 0 bridgehead atoms. The molecule has 5 nitrogen and oxygen atoms in total. The van der Waals surface area contributed by atoms with Crippen LogP contribution in [0, 0.1) is 11.3 Å². The van der Waals surface area contributed by atoms with Crippen molar-refractivity contribution in [3.8, 4) is 6.07 Å². The lowest BCUT2D eigenvalue weighted by Gasteiger charge is -1.96. The van der Waals surface area contributed by atoms with Crippen LogP contribution in [-0.4, -0.2) is 9.97 Å². The molecule has 1 heterocycles. The Kier molecular flexibility index (Phi) is 3.63. The fourth-order valence-corrected chi connectivity index (χ4v) is 1.12. The Morgan fingerprint density at radius 2 is 2.33 bits per heavy atom. The van der Waals surface area contributed by atoms with E-state index in [9.17, 15) is 9.59 Å². The summed E-state index contributed by atoms with van der Waals surface area (Å²) in [4.78, 5) is 26.5. The minimum atomic E-state index is -0.521. The maximum absolute atomic E-state index is 11.3. The minimum Gasteiger partial charge on any atom is -0.314 e. The van der Waals surface area contributed by atoms with Crippen LogP contribution in [0.1, 0.15) is 25.3 Å². The van der Waals surface area contributed by atoms with Gasteiger partial charge in [0.15, 0.2) is 0 Å². The third-order valence-electron chi connectivity index (χ3n) is 1.88. The number of rotatable bonds is 3. The largest absolute Gasteiger partial charge is 0.325 e. The van der Waals surface area contributed by atoms with E-state index in [2.05, 4.69) is 9.97 Å². The van der Waals surface area contributed by atoms with Gasteiger partial charge in [-0.3, -0.25) is 9.78 Å². The molecule has 5 heteroatoms. The van der Waals surface area contributed by atoms with E-state index in [4.69, 9.17) is 5.26 Å². The Bertz CT molecular complexity index is 516. The monoisotopic (exact) mass is 205 g/mol. The molecule has 0 fully saturated rings. The van der Waals surface area contributed by atoms with Crippen molar-refractivity contribution in [1.82, 2.24) is 9.97 Å². The predicted molar refractivity (Wildman–Crippen MR) is 56.2 cm³/mol. The second-order valence-electron chi connectivity index (χ2n) is 3.18. The van der Waals surface area contributed by atoms with E-state index in [1.807, 2.05) is 13.0 Å². The highest BCUT2D eigenvalue weighted by Gasteiger charge is 1.97. The highest BCUT2D eigenvalue weighted by atomic mass is 16.2. The summed E-state index contributed by atoms with van der Waals surface area (Å²) in [6.07, 6.45) is 4.06. The van der Waals surface area contributed by atoms with Crippen LogP contribution in [0.15, 0.2) is 21.4 Å². The van der Waals surface area contributed by atoms with E-state index >= 15 is 0 Å². The van der Waals surface area contributed by atoms with Crippen molar-refractivity contribution in [3.63, 3.8) is 0 Å². The van der Waals surface area contributed by atoms with Gasteiger partial charge < -0.3 is 4.98 Å². The summed E-state index contributed by atoms with van der Waals surface area (Å²) in [5, 5.41) is 8.38. The molecule has 0 aromatic carbocycles. The summed E-state index contributed by atoms with van der Waals surface area (Å²) < 4.78 is 0. The molecule has 1 aromatic heterocycles. The number of nitrogens with one attached hydrogen (secondary N) is 2. The molecule has 0 atom stereocenters. The van der Waals surface area contributed by atoms with Gasteiger partial charge in [-0.15, -0.1) is 0 Å². The molecular weight excluding hydrogens is 194 g/mol. The highest BCUT2D eigenvalue weighted by Crippen LogP contribution is 2.06. The standard InChI is InChI=1S/C10H11N3O2/c1-7(3-2-4-11)5-8-6-12-10(15)13-9(8)14/h5-6H,2-3H2,1H3,(H2,12,13,14,15). The molecule has 0 saturated heterocycles. The van der Waals surface area contributed by atoms with Crippen LogP contribution in [0.4, 0.5) is 0 Å². The van der Waals surface area contributed by atoms with Gasteiger partial charge in [0.2, 0.25) is 0 Å². The second-order valence-corrected chi connectivity index (χ2v) is 3.18. The van der Waals surface area contributed by atoms with E-state index in [1.54, 1.807) is 6.08 Å². The highest BCUT2D eigenvalue weighted by molar-refractivity contribution is 5.49. The summed E-state index contributed by atoms with van der Waals surface area (Å²) in [6.45, 7) is 1.84. The zero-order valence-corrected chi connectivity index (χ0v) is 8.33. The van der Waals surface area contributed by atoms with E-state index in [0.29, 0.717) is 18.4 Å². The number of aromatic nitrogens is 2. The van der Waals surface area contributed by atoms with Crippen molar-refractivity contribution in [3.05, 3.63) is 38.2 Å². The van der Waals surface area contributed by atoms with Crippen LogP contribution in [0.5, 0.6) is 0 Å². The minimum absolute atomic E-state index is 0.394. The maximum Gasteiger partial charge on any atom is 0.325 e. The molecule has 0 amide bonds. The van der Waals surface area contributed by atoms with Crippen LogP contribution in [0.25, 0.3) is 6.08 Å². The number of hydrogen-bond donors (Lipinski definition) is 2. The summed E-state index contributed by atoms with van der Waals surface area (Å²) in [5.41, 5.74) is 0.376. The van der Waals surface area contributed by atoms with Crippen LogP contribution in [-0.2, 0) is 0 Å². The van der Waals surface area contributed by atoms with Crippen LogP contribution in [0.3, 0.4) is 0 Å². The quantitative estimate of drug-likeness (QED) is 0.763. The van der Waals surface area contributed by atoms with E-state index in [1.165, 1.54) is 6.20 Å². The molecule has 0 aliphatic carbocycles. The molecule has 0 saturated carbocycles. The number of H-pyrrole nitrogens is 2. The van der Waals surface area contributed by atoms with E-state index in [0.717, 1.165) is 5.57 Å². The second kappa shape index (κ2) is 4.96. The van der Waals surface area contributed by atoms with Crippen molar-refractivity contribution in [2.45, 2.75) is 19.8 Å². The topological polar surface area (TPSA) is 89.5 Å². The van der Waals surface area contributed by atoms with Crippen molar-refractivity contribution >= 4 is 6.08 Å². The summed E-state index contributed by atoms with van der Waals surface area (Å²) >= 11 is 0. The predicted octanol–water partition coefficient (Wildman–Crippen LogP) is 0.770. The average molecular weight is 205 g/mol. The SMILES string of the molecule is CC(=Cc1c[nH]c(=O)[nH]c1=O)CCC#N. The smallest absolute Gasteiger partial charge is 0.314 e. The van der Waals surface area contributed by atoms with Crippen molar-refractivity contribution in [2.24, 2.45) is 0 Å². The van der Waals surface area contributed by atoms with E-state index < -0.39 is 11.2 Å². The normalized spacial score (nSPS) is 11.1. The van der Waals surface area contributed by atoms with Gasteiger partial charge in [-0.25, -0.2) is 4.79 Å². The van der Waals surface area contributed by atoms with Gasteiger partial charge >= 0.3 is 5.69 Å². The molecule has 1 rings (SSSR count). The zero-order valence-electron chi connectivity index (χ0n) is 8.33. The first kappa shape index (κ1) is 11.0. The Labute approximate surface area is 86.1 Å². The Hall–Kier alpha value is -2.09. The molecule has 15 heavy (non-hydrogen) atoms. The van der Waals surface area contributed by atoms with Gasteiger partial charge in [0.05, 0.1) is 11.6 Å². The average Bonchev–Trinajstić information content (AvgIpc) is 2.19. The molecule has 0 radical (unpaired) electrons. The van der Waals surface area contributed by atoms with Gasteiger partial charge in [-0.1, -0.05) is 5.57 Å². The molecular formula is C10H11N3O2. The number of nitriles is 1. The maximum atomic E-state index is 11.3. The number of aromatic amines is 2. The molecule has 2 N–H and O–H groups in total. The molecule has 78 valence electrons. The van der Waals surface area contributed by atoms with Crippen LogP contribution in [0.2, 0.25) is 0 Å². The lowest BCUT2D eigenvalue weighted by molar-refractivity contribution is 0.989. The molecule has 0 aliphatic rings. The molecule has 0 aliphatic heterocycles. The zero-order chi connectivity index (χ0) is 11.3. The lowest BCUT2D eigenvalue weighted by atomic mass is 10.1. The van der Waals surface area contributed by atoms with Gasteiger partial charge in [0.25, 0.3) is 5.56 Å². The number of allylic oxidation sites excluding steroid dienone is 1. The third kappa shape index (κ3) is 3.27. The van der Waals surface area contributed by atoms with Gasteiger partial charge in [-0.2, -0.15) is 5.26 Å². The molecule has 0 spiro atoms. The van der Waals surface area contributed by atoms with E-state index in [-0.39, 0.29) is 0 Å². The lowest BCUT2D eigenvalue weighted by Crippen LogP contribution is -2.22. The van der Waals surface area contributed by atoms with Crippen molar-refractivity contribution < 1.29 is 0 Å². The number of hydrogen-bond acceptors (Lipinski definition) is 3. The summed E-state index contributed by atoms with van der Waals surface area (Å²) in [6, 6.07) is 2.02. The first-order valence-corrected chi connectivity index (χ1v) is 4.49. The Morgan fingerprint density at radius 1 is 1.60 bits per heavy atom. The van der Waals surface area contributed by atoms with Gasteiger partial charge in [-0.05, 0) is 19.4 Å². The van der Waals surface area contributed by atoms with Crippen molar-refractivity contribution in [1.29, 1.82) is 5.26 Å². The van der Waals surface area contributed by atoms with Gasteiger partial charge in [0.1, 0.15) is 0 Å². The first-order valence-electron chi connectivity index (χ1n) is 4.49. The van der Waals surface area contributed by atoms with Crippen molar-refractivity contribution in [2.75, 3.05) is 0 Å². The number of nitrogens with zero attached hydrogens (tertiary/aromatic N) is 1. The fraction of sp³-hybridized carbons (Fsp3) is 0.300. The summed E-state index contributed by atoms with van der Waals surface area (Å²) in [7, 11) is 0.